The Morgan fingerprint density at radius 1 is 1.42 bits per heavy atom. The average molecular weight is 261 g/mol. The van der Waals surface area contributed by atoms with Crippen molar-refractivity contribution >= 4 is 11.7 Å². The third kappa shape index (κ3) is 2.22. The minimum absolute atomic E-state index is 0.460. The van der Waals surface area contributed by atoms with Crippen LogP contribution in [0.4, 0.5) is 5.69 Å². The van der Waals surface area contributed by atoms with Gasteiger partial charge in [0, 0.05) is 24.2 Å². The van der Waals surface area contributed by atoms with Crippen molar-refractivity contribution in [2.75, 3.05) is 11.4 Å². The molecule has 104 valence electrons. The first-order valence-electron chi connectivity index (χ1n) is 6.89. The van der Waals surface area contributed by atoms with E-state index in [0.29, 0.717) is 12.0 Å². The van der Waals surface area contributed by atoms with Crippen LogP contribution in [-0.4, -0.2) is 23.7 Å². The van der Waals surface area contributed by atoms with Crippen molar-refractivity contribution in [1.29, 1.82) is 0 Å². The number of hydrogen-bond donors (Lipinski definition) is 1. The summed E-state index contributed by atoms with van der Waals surface area (Å²) in [6, 6.07) is 6.59. The van der Waals surface area contributed by atoms with Crippen LogP contribution in [0.15, 0.2) is 18.2 Å². The number of anilines is 1. The monoisotopic (exact) mass is 261 g/mol. The molecule has 0 radical (unpaired) electrons. The number of fused-ring (bicyclic) bond motifs is 1. The van der Waals surface area contributed by atoms with Gasteiger partial charge >= 0.3 is 5.97 Å². The molecule has 1 aromatic rings. The van der Waals surface area contributed by atoms with E-state index in [1.165, 1.54) is 11.3 Å². The van der Waals surface area contributed by atoms with Gasteiger partial charge in [0.25, 0.3) is 0 Å². The maximum Gasteiger partial charge on any atom is 0.313 e. The topological polar surface area (TPSA) is 40.5 Å². The van der Waals surface area contributed by atoms with Gasteiger partial charge in [0.1, 0.15) is 0 Å². The normalized spacial score (nSPS) is 18.8. The van der Waals surface area contributed by atoms with E-state index in [1.54, 1.807) is 13.8 Å². The molecule has 3 nitrogen and oxygen atoms in total. The third-order valence-corrected chi connectivity index (χ3v) is 4.22. The number of benzene rings is 1. The molecule has 1 aromatic carbocycles. The van der Waals surface area contributed by atoms with Crippen LogP contribution in [0.25, 0.3) is 0 Å². The van der Waals surface area contributed by atoms with E-state index in [1.807, 2.05) is 6.07 Å². The zero-order chi connectivity index (χ0) is 14.4. The van der Waals surface area contributed by atoms with Crippen molar-refractivity contribution in [3.63, 3.8) is 0 Å². The lowest BCUT2D eigenvalue weighted by molar-refractivity contribution is -0.142. The first-order valence-corrected chi connectivity index (χ1v) is 6.89. The molecule has 0 saturated heterocycles. The summed E-state index contributed by atoms with van der Waals surface area (Å²) in [6.07, 6.45) is 0. The number of carboxylic acid groups (broad SMARTS) is 1. The Labute approximate surface area is 115 Å². The molecule has 3 heteroatoms. The van der Waals surface area contributed by atoms with Crippen molar-refractivity contribution < 1.29 is 9.90 Å². The number of nitrogens with zero attached hydrogens (tertiary/aromatic N) is 1. The van der Waals surface area contributed by atoms with Gasteiger partial charge in [-0.15, -0.1) is 0 Å². The highest BCUT2D eigenvalue weighted by molar-refractivity contribution is 5.81. The van der Waals surface area contributed by atoms with E-state index in [4.69, 9.17) is 0 Å². The molecule has 1 heterocycles. The molecule has 1 aliphatic heterocycles. The summed E-state index contributed by atoms with van der Waals surface area (Å²) in [4.78, 5) is 13.8. The molecule has 1 N–H and O–H groups in total. The minimum Gasteiger partial charge on any atom is -0.481 e. The fourth-order valence-electron chi connectivity index (χ4n) is 2.70. The second-order valence-corrected chi connectivity index (χ2v) is 6.35. The van der Waals surface area contributed by atoms with Crippen molar-refractivity contribution in [3.05, 3.63) is 29.3 Å². The smallest absolute Gasteiger partial charge is 0.313 e. The summed E-state index contributed by atoms with van der Waals surface area (Å²) < 4.78 is 0. The summed E-state index contributed by atoms with van der Waals surface area (Å²) in [5.41, 5.74) is 2.59. The summed E-state index contributed by atoms with van der Waals surface area (Å²) in [7, 11) is 0. The first-order chi connectivity index (χ1) is 8.75. The van der Waals surface area contributed by atoms with Gasteiger partial charge < -0.3 is 10.0 Å². The van der Waals surface area contributed by atoms with E-state index >= 15 is 0 Å². The zero-order valence-electron chi connectivity index (χ0n) is 12.4. The Bertz CT molecular complexity index is 505. The molecule has 2 rings (SSSR count). The highest BCUT2D eigenvalue weighted by atomic mass is 16.4. The van der Waals surface area contributed by atoms with Gasteiger partial charge in [-0.05, 0) is 44.9 Å². The average Bonchev–Trinajstić information content (AvgIpc) is 2.66. The standard InChI is InChI=1S/C16H23NO2/c1-10(2)17-9-11(3)13-8-12(6-7-14(13)17)16(4,5)15(18)19/h6-8,10-11H,9H2,1-5H3,(H,18,19). The van der Waals surface area contributed by atoms with E-state index < -0.39 is 11.4 Å². The summed E-state index contributed by atoms with van der Waals surface area (Å²) >= 11 is 0. The van der Waals surface area contributed by atoms with Gasteiger partial charge in [0.2, 0.25) is 0 Å². The molecule has 0 spiro atoms. The predicted octanol–water partition coefficient (Wildman–Crippen LogP) is 3.38. The lowest BCUT2D eigenvalue weighted by Gasteiger charge is -2.25. The third-order valence-electron chi connectivity index (χ3n) is 4.22. The van der Waals surface area contributed by atoms with Crippen molar-refractivity contribution in [2.24, 2.45) is 0 Å². The molecule has 1 aliphatic rings. The van der Waals surface area contributed by atoms with Crippen molar-refractivity contribution in [2.45, 2.75) is 52.0 Å². The molecule has 0 amide bonds. The predicted molar refractivity (Wildman–Crippen MR) is 78.0 cm³/mol. The first kappa shape index (κ1) is 13.9. The van der Waals surface area contributed by atoms with Crippen molar-refractivity contribution in [1.82, 2.24) is 0 Å². The lowest BCUT2D eigenvalue weighted by atomic mass is 9.83. The van der Waals surface area contributed by atoms with Crippen LogP contribution in [0.3, 0.4) is 0 Å². The van der Waals surface area contributed by atoms with E-state index in [-0.39, 0.29) is 0 Å². The minimum atomic E-state index is -0.833. The van der Waals surface area contributed by atoms with Crippen LogP contribution >= 0.6 is 0 Å². The van der Waals surface area contributed by atoms with Crippen LogP contribution in [0.2, 0.25) is 0 Å². The molecule has 1 unspecified atom stereocenters. The molecule has 0 bridgehead atoms. The summed E-state index contributed by atoms with van der Waals surface area (Å²) in [5, 5.41) is 9.34. The molecule has 19 heavy (non-hydrogen) atoms. The Balaban J connectivity index is 2.46. The zero-order valence-corrected chi connectivity index (χ0v) is 12.4. The molecule has 0 aromatic heterocycles. The highest BCUT2D eigenvalue weighted by Crippen LogP contribution is 2.39. The number of hydrogen-bond acceptors (Lipinski definition) is 2. The number of carboxylic acids is 1. The van der Waals surface area contributed by atoms with E-state index in [9.17, 15) is 9.90 Å². The van der Waals surface area contributed by atoms with Gasteiger partial charge in [-0.3, -0.25) is 4.79 Å². The SMILES string of the molecule is CC1CN(C(C)C)c2ccc(C(C)(C)C(=O)O)cc21. The van der Waals surface area contributed by atoms with Gasteiger partial charge in [-0.25, -0.2) is 0 Å². The van der Waals surface area contributed by atoms with Crippen LogP contribution in [0.1, 0.15) is 51.7 Å². The lowest BCUT2D eigenvalue weighted by Crippen LogP contribution is -2.29. The Kier molecular flexibility index (Phi) is 3.33. The fraction of sp³-hybridized carbons (Fsp3) is 0.562. The number of aliphatic carboxylic acids is 1. The van der Waals surface area contributed by atoms with Crippen LogP contribution in [0.5, 0.6) is 0 Å². The summed E-state index contributed by atoms with van der Waals surface area (Å²) in [5.74, 6) is -0.319. The second kappa shape index (κ2) is 4.55. The summed E-state index contributed by atoms with van der Waals surface area (Å²) in [6.45, 7) is 11.1. The number of rotatable bonds is 3. The highest BCUT2D eigenvalue weighted by Gasteiger charge is 2.33. The molecule has 0 fully saturated rings. The fourth-order valence-corrected chi connectivity index (χ4v) is 2.70. The quantitative estimate of drug-likeness (QED) is 0.906. The maximum atomic E-state index is 11.4. The Morgan fingerprint density at radius 3 is 2.58 bits per heavy atom. The van der Waals surface area contributed by atoms with Crippen LogP contribution < -0.4 is 4.90 Å². The Hall–Kier alpha value is -1.51. The number of carbonyl (C=O) groups is 1. The van der Waals surface area contributed by atoms with Crippen LogP contribution in [0, 0.1) is 0 Å². The van der Waals surface area contributed by atoms with Crippen molar-refractivity contribution in [3.8, 4) is 0 Å². The largest absolute Gasteiger partial charge is 0.481 e. The molecular formula is C16H23NO2. The van der Waals surface area contributed by atoms with Gasteiger partial charge in [0.05, 0.1) is 5.41 Å². The van der Waals surface area contributed by atoms with Crippen LogP contribution in [-0.2, 0) is 10.2 Å². The van der Waals surface area contributed by atoms with Gasteiger partial charge in [0.15, 0.2) is 0 Å². The molecule has 1 atom stereocenters. The molecule has 0 saturated carbocycles. The van der Waals surface area contributed by atoms with Gasteiger partial charge in [-0.2, -0.15) is 0 Å². The molecular weight excluding hydrogens is 238 g/mol. The van der Waals surface area contributed by atoms with Gasteiger partial charge in [-0.1, -0.05) is 19.1 Å². The van der Waals surface area contributed by atoms with E-state index in [0.717, 1.165) is 12.1 Å². The Morgan fingerprint density at radius 2 is 2.05 bits per heavy atom. The maximum absolute atomic E-state index is 11.4. The van der Waals surface area contributed by atoms with E-state index in [2.05, 4.69) is 37.8 Å². The molecule has 0 aliphatic carbocycles. The second-order valence-electron chi connectivity index (χ2n) is 6.35.